The number of morpholine rings is 1. The van der Waals surface area contributed by atoms with Crippen LogP contribution in [0.3, 0.4) is 0 Å². The Morgan fingerprint density at radius 3 is 2.80 bits per heavy atom. The van der Waals surface area contributed by atoms with Gasteiger partial charge in [-0.2, -0.15) is 0 Å². The summed E-state index contributed by atoms with van der Waals surface area (Å²) >= 11 is 0. The molecule has 0 bridgehead atoms. The average molecular weight is 277 g/mol. The van der Waals surface area contributed by atoms with Crippen LogP contribution in [0.4, 0.5) is 5.69 Å². The summed E-state index contributed by atoms with van der Waals surface area (Å²) in [6.45, 7) is 14.3. The Kier molecular flexibility index (Phi) is 4.35. The second-order valence-electron chi connectivity index (χ2n) is 7.14. The van der Waals surface area contributed by atoms with E-state index < -0.39 is 0 Å². The molecule has 2 rings (SSSR count). The fourth-order valence-electron chi connectivity index (χ4n) is 2.45. The molecule has 112 valence electrons. The smallest absolute Gasteiger partial charge is 0.0801 e. The number of anilines is 1. The first kappa shape index (κ1) is 15.3. The molecule has 1 N–H and O–H groups in total. The van der Waals surface area contributed by atoms with E-state index in [0.717, 1.165) is 26.2 Å². The van der Waals surface area contributed by atoms with Crippen LogP contribution in [0.15, 0.2) is 18.5 Å². The number of hydrogen-bond acceptors (Lipinski definition) is 4. The molecule has 0 aliphatic carbocycles. The normalized spacial score (nSPS) is 19.1. The minimum absolute atomic E-state index is 0.0871. The molecular formula is C16H27N3O. The van der Waals surface area contributed by atoms with Gasteiger partial charge >= 0.3 is 0 Å². The molecule has 1 aliphatic rings. The van der Waals surface area contributed by atoms with E-state index in [1.165, 1.54) is 11.3 Å². The van der Waals surface area contributed by atoms with Crippen molar-refractivity contribution >= 4 is 5.69 Å². The van der Waals surface area contributed by atoms with Gasteiger partial charge in [0.1, 0.15) is 0 Å². The summed E-state index contributed by atoms with van der Waals surface area (Å²) in [5.41, 5.74) is 2.54. The maximum atomic E-state index is 5.80. The first-order valence-electron chi connectivity index (χ1n) is 7.34. The molecule has 0 amide bonds. The Balaban J connectivity index is 2.15. The van der Waals surface area contributed by atoms with Crippen molar-refractivity contribution in [2.24, 2.45) is 0 Å². The van der Waals surface area contributed by atoms with Crippen LogP contribution in [0.5, 0.6) is 0 Å². The van der Waals surface area contributed by atoms with Gasteiger partial charge in [0.15, 0.2) is 0 Å². The molecule has 1 aliphatic heterocycles. The molecule has 0 spiro atoms. The van der Waals surface area contributed by atoms with Gasteiger partial charge in [-0.25, -0.2) is 0 Å². The van der Waals surface area contributed by atoms with Crippen molar-refractivity contribution in [3.63, 3.8) is 0 Å². The molecule has 0 saturated carbocycles. The fourth-order valence-corrected chi connectivity index (χ4v) is 2.45. The van der Waals surface area contributed by atoms with Gasteiger partial charge in [0.05, 0.1) is 12.2 Å². The zero-order valence-electron chi connectivity index (χ0n) is 13.4. The Morgan fingerprint density at radius 1 is 1.40 bits per heavy atom. The van der Waals surface area contributed by atoms with Gasteiger partial charge in [-0.05, 0) is 40.7 Å². The Bertz CT molecular complexity index is 451. The maximum Gasteiger partial charge on any atom is 0.0801 e. The topological polar surface area (TPSA) is 37.4 Å². The van der Waals surface area contributed by atoms with E-state index >= 15 is 0 Å². The lowest BCUT2D eigenvalue weighted by Crippen LogP contribution is -2.48. The van der Waals surface area contributed by atoms with Crippen LogP contribution in [0, 0.1) is 0 Å². The minimum Gasteiger partial charge on any atom is -0.372 e. The molecule has 4 nitrogen and oxygen atoms in total. The van der Waals surface area contributed by atoms with Crippen molar-refractivity contribution in [1.29, 1.82) is 0 Å². The van der Waals surface area contributed by atoms with Crippen molar-refractivity contribution in [2.45, 2.75) is 52.3 Å². The Morgan fingerprint density at radius 2 is 2.15 bits per heavy atom. The quantitative estimate of drug-likeness (QED) is 0.921. The summed E-state index contributed by atoms with van der Waals surface area (Å²) in [6.07, 6.45) is 3.84. The number of pyridine rings is 1. The SMILES string of the molecule is CC(C)(C)NCc1cnccc1N1CCOC(C)(C)C1. The third kappa shape index (κ3) is 4.18. The summed E-state index contributed by atoms with van der Waals surface area (Å²) < 4.78 is 5.80. The zero-order valence-corrected chi connectivity index (χ0v) is 13.4. The number of aromatic nitrogens is 1. The molecule has 1 saturated heterocycles. The highest BCUT2D eigenvalue weighted by molar-refractivity contribution is 5.53. The molecule has 0 unspecified atom stereocenters. The van der Waals surface area contributed by atoms with Crippen LogP contribution in [0.25, 0.3) is 0 Å². The molecule has 0 aromatic carbocycles. The second kappa shape index (κ2) is 5.70. The summed E-state index contributed by atoms with van der Waals surface area (Å²) in [5, 5.41) is 3.54. The Hall–Kier alpha value is -1.13. The van der Waals surface area contributed by atoms with Crippen LogP contribution in [-0.4, -0.2) is 35.8 Å². The van der Waals surface area contributed by atoms with E-state index in [1.807, 2.05) is 12.4 Å². The molecule has 1 aromatic rings. The van der Waals surface area contributed by atoms with E-state index in [-0.39, 0.29) is 11.1 Å². The van der Waals surface area contributed by atoms with E-state index in [0.29, 0.717) is 0 Å². The maximum absolute atomic E-state index is 5.80. The van der Waals surface area contributed by atoms with E-state index in [9.17, 15) is 0 Å². The molecule has 1 aromatic heterocycles. The predicted octanol–water partition coefficient (Wildman–Crippen LogP) is 2.58. The van der Waals surface area contributed by atoms with Crippen molar-refractivity contribution in [1.82, 2.24) is 10.3 Å². The number of rotatable bonds is 3. The predicted molar refractivity (Wildman–Crippen MR) is 83.1 cm³/mol. The first-order valence-corrected chi connectivity index (χ1v) is 7.34. The molecule has 1 fully saturated rings. The lowest BCUT2D eigenvalue weighted by molar-refractivity contribution is -0.0277. The highest BCUT2D eigenvalue weighted by Gasteiger charge is 2.28. The molecule has 2 heterocycles. The summed E-state index contributed by atoms with van der Waals surface area (Å²) in [5.74, 6) is 0. The lowest BCUT2D eigenvalue weighted by Gasteiger charge is -2.40. The summed E-state index contributed by atoms with van der Waals surface area (Å²) in [7, 11) is 0. The molecule has 4 heteroatoms. The number of nitrogens with one attached hydrogen (secondary N) is 1. The summed E-state index contributed by atoms with van der Waals surface area (Å²) in [6, 6.07) is 2.11. The third-order valence-electron chi connectivity index (χ3n) is 3.45. The summed E-state index contributed by atoms with van der Waals surface area (Å²) in [4.78, 5) is 6.69. The number of ether oxygens (including phenoxy) is 1. The number of hydrogen-bond donors (Lipinski definition) is 1. The standard InChI is InChI=1S/C16H27N3O/c1-15(2,3)18-11-13-10-17-7-6-14(13)19-8-9-20-16(4,5)12-19/h6-7,10,18H,8-9,11-12H2,1-5H3. The van der Waals surface area contributed by atoms with Gasteiger partial charge in [0.25, 0.3) is 0 Å². The van der Waals surface area contributed by atoms with Gasteiger partial charge in [0.2, 0.25) is 0 Å². The highest BCUT2D eigenvalue weighted by atomic mass is 16.5. The lowest BCUT2D eigenvalue weighted by atomic mass is 10.0. The van der Waals surface area contributed by atoms with Crippen LogP contribution in [0.2, 0.25) is 0 Å². The zero-order chi connectivity index (χ0) is 14.8. The van der Waals surface area contributed by atoms with Crippen LogP contribution >= 0.6 is 0 Å². The number of nitrogens with zero attached hydrogens (tertiary/aromatic N) is 2. The van der Waals surface area contributed by atoms with Gasteiger partial charge < -0.3 is 15.0 Å². The van der Waals surface area contributed by atoms with E-state index in [1.54, 1.807) is 0 Å². The Labute approximate surface area is 122 Å². The average Bonchev–Trinajstić information content (AvgIpc) is 2.34. The molecule has 0 atom stereocenters. The molecule has 0 radical (unpaired) electrons. The second-order valence-corrected chi connectivity index (χ2v) is 7.14. The molecule has 20 heavy (non-hydrogen) atoms. The van der Waals surface area contributed by atoms with E-state index in [4.69, 9.17) is 4.74 Å². The first-order chi connectivity index (χ1) is 9.27. The van der Waals surface area contributed by atoms with E-state index in [2.05, 4.69) is 55.9 Å². The largest absolute Gasteiger partial charge is 0.372 e. The van der Waals surface area contributed by atoms with Crippen molar-refractivity contribution in [2.75, 3.05) is 24.6 Å². The van der Waals surface area contributed by atoms with Gasteiger partial charge in [-0.3, -0.25) is 4.98 Å². The van der Waals surface area contributed by atoms with Crippen LogP contribution in [-0.2, 0) is 11.3 Å². The van der Waals surface area contributed by atoms with Gasteiger partial charge in [-0.15, -0.1) is 0 Å². The minimum atomic E-state index is -0.0871. The van der Waals surface area contributed by atoms with Crippen LogP contribution < -0.4 is 10.2 Å². The fraction of sp³-hybridized carbons (Fsp3) is 0.688. The third-order valence-corrected chi connectivity index (χ3v) is 3.45. The molecular weight excluding hydrogens is 250 g/mol. The van der Waals surface area contributed by atoms with Gasteiger partial charge in [0, 0.05) is 48.8 Å². The highest BCUT2D eigenvalue weighted by Crippen LogP contribution is 2.26. The van der Waals surface area contributed by atoms with Gasteiger partial charge in [-0.1, -0.05) is 0 Å². The van der Waals surface area contributed by atoms with Crippen molar-refractivity contribution in [3.05, 3.63) is 24.0 Å². The van der Waals surface area contributed by atoms with Crippen LogP contribution in [0.1, 0.15) is 40.2 Å². The van der Waals surface area contributed by atoms with Crippen molar-refractivity contribution < 1.29 is 4.74 Å². The van der Waals surface area contributed by atoms with Crippen molar-refractivity contribution in [3.8, 4) is 0 Å². The monoisotopic (exact) mass is 277 g/mol.